The third-order valence-electron chi connectivity index (χ3n) is 13.0. The van der Waals surface area contributed by atoms with E-state index in [0.29, 0.717) is 0 Å². The molecule has 0 aliphatic rings. The molecule has 73 heavy (non-hydrogen) atoms. The Morgan fingerprint density at radius 1 is 0.274 bits per heavy atom. The van der Waals surface area contributed by atoms with E-state index in [0.717, 1.165) is 24.8 Å². The Kier molecular flexibility index (Phi) is 79.7. The summed E-state index contributed by atoms with van der Waals surface area (Å²) in [5.41, 5.74) is 0.854. The lowest BCUT2D eigenvalue weighted by molar-refractivity contribution is 0.450. The molecule has 1 aromatic rings. The van der Waals surface area contributed by atoms with E-state index < -0.39 is 0 Å². The van der Waals surface area contributed by atoms with Crippen LogP contribution in [0.4, 0.5) is 0 Å². The summed E-state index contributed by atoms with van der Waals surface area (Å²) in [6.07, 6.45) is 86.9. The van der Waals surface area contributed by atoms with Crippen LogP contribution in [0.5, 0.6) is 11.5 Å². The standard InChI is InChI=1S/C16H34.C16H32.C16H30.C16H28.C7H8O2/c4*1-3-5-7-9-11-13-15-16-14-12-10-8-6-4-2;1-5-2-6(8)4-7(9)3-5/h3-16H2,1-2H3;13,15H,3-12,14,16H2,1-2H3;7,9,13,15H,3-6,8,10-12,14,16H2,1-2H3;3,7,9,13,15H,1,4-6,8,10-12,14,16H2,2H3;2-4,8-9H,1H3/b;15-13-;2*9-7-,15-13-;. The Bertz CT molecular complexity index is 1200. The predicted octanol–water partition coefficient (Wildman–Crippen LogP) is 26.0. The molecular formula is C71H132O2. The first-order valence-corrected chi connectivity index (χ1v) is 32.2. The zero-order valence-corrected chi connectivity index (χ0v) is 51.0. The van der Waals surface area contributed by atoms with Crippen molar-refractivity contribution < 1.29 is 10.2 Å². The Labute approximate surface area is 461 Å². The normalized spacial score (nSPS) is 11.2. The van der Waals surface area contributed by atoms with Crippen molar-refractivity contribution >= 4 is 0 Å². The van der Waals surface area contributed by atoms with E-state index in [1.165, 1.54) is 276 Å². The van der Waals surface area contributed by atoms with E-state index in [4.69, 9.17) is 10.2 Å². The number of benzene rings is 1. The summed E-state index contributed by atoms with van der Waals surface area (Å²) in [5, 5.41) is 17.7. The summed E-state index contributed by atoms with van der Waals surface area (Å²) in [6.45, 7) is 21.4. The molecule has 0 atom stereocenters. The molecule has 2 N–H and O–H groups in total. The molecule has 0 aliphatic heterocycles. The minimum absolute atomic E-state index is 0.104. The highest BCUT2D eigenvalue weighted by Gasteiger charge is 1.95. The van der Waals surface area contributed by atoms with Gasteiger partial charge in [-0.15, -0.1) is 6.58 Å². The lowest BCUT2D eigenvalue weighted by Gasteiger charge is -2.02. The molecule has 0 aliphatic carbocycles. The number of rotatable bonds is 47. The maximum absolute atomic E-state index is 8.83. The van der Waals surface area contributed by atoms with Crippen molar-refractivity contribution in [1.29, 1.82) is 0 Å². The number of phenolic OH excluding ortho intramolecular Hbond substituents is 2. The van der Waals surface area contributed by atoms with Crippen molar-refractivity contribution in [2.75, 3.05) is 0 Å². The smallest absolute Gasteiger partial charge is 0.119 e. The van der Waals surface area contributed by atoms with Crippen LogP contribution in [-0.2, 0) is 0 Å². The fourth-order valence-corrected chi connectivity index (χ4v) is 8.32. The van der Waals surface area contributed by atoms with Crippen LogP contribution in [0.3, 0.4) is 0 Å². The first kappa shape index (κ1) is 76.8. The summed E-state index contributed by atoms with van der Waals surface area (Å²) >= 11 is 0. The van der Waals surface area contributed by atoms with Crippen molar-refractivity contribution in [3.8, 4) is 11.5 Å². The molecule has 0 amide bonds. The SMILES string of the molecule is C=CC/C=C\C/C=C\CCCCCCCC.CCC/C=C\C/C=C\CCCCCCCC.CCCCCC/C=C\CCCCCCCC.CCCCCCCCCCCCCCCC.Cc1cc(O)cc(O)c1. The van der Waals surface area contributed by atoms with Gasteiger partial charge in [0.05, 0.1) is 0 Å². The van der Waals surface area contributed by atoms with Gasteiger partial charge in [0.1, 0.15) is 11.5 Å². The topological polar surface area (TPSA) is 40.5 Å². The van der Waals surface area contributed by atoms with Crippen molar-refractivity contribution in [2.24, 2.45) is 0 Å². The van der Waals surface area contributed by atoms with Crippen LogP contribution in [-0.4, -0.2) is 10.2 Å². The van der Waals surface area contributed by atoms with Crippen LogP contribution in [0.2, 0.25) is 0 Å². The number of phenols is 2. The molecule has 0 saturated heterocycles. The van der Waals surface area contributed by atoms with Crippen LogP contribution in [0, 0.1) is 6.92 Å². The molecule has 0 spiro atoms. The molecule has 2 heteroatoms. The average molecular weight is 1020 g/mol. The van der Waals surface area contributed by atoms with E-state index >= 15 is 0 Å². The molecule has 428 valence electrons. The number of unbranched alkanes of at least 4 members (excludes halogenated alkanes) is 36. The number of aromatic hydroxyl groups is 2. The Balaban J connectivity index is -0.000000412. The van der Waals surface area contributed by atoms with Crippen molar-refractivity contribution in [3.05, 3.63) is 97.2 Å². The van der Waals surface area contributed by atoms with E-state index in [9.17, 15) is 0 Å². The maximum atomic E-state index is 8.83. The van der Waals surface area contributed by atoms with Crippen molar-refractivity contribution in [3.63, 3.8) is 0 Å². The van der Waals surface area contributed by atoms with Gasteiger partial charge in [-0.1, -0.05) is 327 Å². The summed E-state index contributed by atoms with van der Waals surface area (Å²) in [5.74, 6) is 0.208. The van der Waals surface area contributed by atoms with Crippen molar-refractivity contribution in [2.45, 2.75) is 344 Å². The van der Waals surface area contributed by atoms with Gasteiger partial charge >= 0.3 is 0 Å². The Morgan fingerprint density at radius 3 is 0.753 bits per heavy atom. The lowest BCUT2D eigenvalue weighted by atomic mass is 10.0. The second-order valence-electron chi connectivity index (χ2n) is 20.9. The zero-order chi connectivity index (χ0) is 54.5. The zero-order valence-electron chi connectivity index (χ0n) is 51.0. The minimum atomic E-state index is 0.104. The van der Waals surface area contributed by atoms with Gasteiger partial charge < -0.3 is 10.2 Å². The quantitative estimate of drug-likeness (QED) is 0.0505. The van der Waals surface area contributed by atoms with E-state index in [1.807, 2.05) is 6.08 Å². The third-order valence-corrected chi connectivity index (χ3v) is 13.0. The highest BCUT2D eigenvalue weighted by molar-refractivity contribution is 5.35. The Hall–Kier alpha value is -2.74. The van der Waals surface area contributed by atoms with Crippen LogP contribution in [0.25, 0.3) is 0 Å². The van der Waals surface area contributed by atoms with Gasteiger partial charge in [-0.25, -0.2) is 0 Å². The molecule has 0 saturated carbocycles. The predicted molar refractivity (Wildman–Crippen MR) is 338 cm³/mol. The maximum Gasteiger partial charge on any atom is 0.119 e. The van der Waals surface area contributed by atoms with Gasteiger partial charge in [-0.05, 0) is 102 Å². The van der Waals surface area contributed by atoms with Gasteiger partial charge in [0.15, 0.2) is 0 Å². The van der Waals surface area contributed by atoms with Gasteiger partial charge in [0.25, 0.3) is 0 Å². The van der Waals surface area contributed by atoms with Gasteiger partial charge in [-0.3, -0.25) is 0 Å². The molecule has 2 nitrogen and oxygen atoms in total. The summed E-state index contributed by atoms with van der Waals surface area (Å²) in [4.78, 5) is 0. The van der Waals surface area contributed by atoms with Gasteiger partial charge in [-0.2, -0.15) is 0 Å². The molecule has 0 radical (unpaired) electrons. The van der Waals surface area contributed by atoms with Crippen molar-refractivity contribution in [1.82, 2.24) is 0 Å². The fraction of sp³-hybridized carbons (Fsp3) is 0.746. The largest absolute Gasteiger partial charge is 0.508 e. The third kappa shape index (κ3) is 83.5. The fourth-order valence-electron chi connectivity index (χ4n) is 8.32. The minimum Gasteiger partial charge on any atom is -0.508 e. The molecule has 0 bridgehead atoms. The molecular weight excluding hydrogens is 885 g/mol. The molecule has 0 fully saturated rings. The van der Waals surface area contributed by atoms with Crippen LogP contribution < -0.4 is 0 Å². The van der Waals surface area contributed by atoms with Crippen LogP contribution in [0.15, 0.2) is 91.6 Å². The highest BCUT2D eigenvalue weighted by Crippen LogP contribution is 2.19. The molecule has 1 rings (SSSR count). The van der Waals surface area contributed by atoms with Gasteiger partial charge in [0, 0.05) is 6.07 Å². The van der Waals surface area contributed by atoms with E-state index in [2.05, 4.69) is 116 Å². The second-order valence-corrected chi connectivity index (χ2v) is 20.9. The van der Waals surface area contributed by atoms with Crippen LogP contribution >= 0.6 is 0 Å². The number of hydrogen-bond acceptors (Lipinski definition) is 2. The number of allylic oxidation sites excluding steroid dienone is 11. The summed E-state index contributed by atoms with van der Waals surface area (Å²) in [7, 11) is 0. The summed E-state index contributed by atoms with van der Waals surface area (Å²) in [6, 6.07) is 4.46. The first-order chi connectivity index (χ1) is 35.8. The monoisotopic (exact) mass is 1020 g/mol. The highest BCUT2D eigenvalue weighted by atomic mass is 16.3. The number of aryl methyl sites for hydroxylation is 1. The molecule has 0 heterocycles. The summed E-state index contributed by atoms with van der Waals surface area (Å²) < 4.78 is 0. The van der Waals surface area contributed by atoms with Gasteiger partial charge in [0.2, 0.25) is 0 Å². The number of hydrogen-bond donors (Lipinski definition) is 2. The molecule has 0 aromatic heterocycles. The Morgan fingerprint density at radius 2 is 0.493 bits per heavy atom. The first-order valence-electron chi connectivity index (χ1n) is 32.2. The lowest BCUT2D eigenvalue weighted by Crippen LogP contribution is -1.82. The van der Waals surface area contributed by atoms with E-state index in [1.54, 1.807) is 19.1 Å². The average Bonchev–Trinajstić information content (AvgIpc) is 3.38. The van der Waals surface area contributed by atoms with Crippen LogP contribution in [0.1, 0.15) is 343 Å². The molecule has 0 unspecified atom stereocenters. The second kappa shape index (κ2) is 75.8. The van der Waals surface area contributed by atoms with E-state index in [-0.39, 0.29) is 11.5 Å². The molecule has 1 aromatic carbocycles.